The molecule has 262 valence electrons. The highest BCUT2D eigenvalue weighted by Crippen LogP contribution is 2.73. The molecule has 3 saturated carbocycles. The Morgan fingerprint density at radius 3 is 2.50 bits per heavy atom. The molecule has 11 atom stereocenters. The Bertz CT molecular complexity index is 1580. The molecule has 0 aromatic heterocycles. The van der Waals surface area contributed by atoms with Crippen LogP contribution in [0.1, 0.15) is 105 Å². The van der Waals surface area contributed by atoms with Gasteiger partial charge in [-0.1, -0.05) is 39.3 Å². The first-order chi connectivity index (χ1) is 22.5. The molecule has 48 heavy (non-hydrogen) atoms. The van der Waals surface area contributed by atoms with Gasteiger partial charge in [0.1, 0.15) is 22.9 Å². The van der Waals surface area contributed by atoms with Gasteiger partial charge in [-0.05, 0) is 93.4 Å². The summed E-state index contributed by atoms with van der Waals surface area (Å²) in [5, 5.41) is 37.2. The molecule has 4 aliphatic carbocycles. The molecule has 2 aliphatic heterocycles. The van der Waals surface area contributed by atoms with Crippen LogP contribution in [0, 0.1) is 54.7 Å². The van der Waals surface area contributed by atoms with Crippen molar-refractivity contribution in [3.05, 3.63) is 55.6 Å². The number of hydrogen-bond acceptors (Lipinski definition) is 10. The van der Waals surface area contributed by atoms with Crippen molar-refractivity contribution in [1.82, 2.24) is 0 Å². The van der Waals surface area contributed by atoms with Crippen LogP contribution in [0.2, 0.25) is 0 Å². The van der Waals surface area contributed by atoms with Crippen molar-refractivity contribution < 1.29 is 38.7 Å². The van der Waals surface area contributed by atoms with Gasteiger partial charge in [0.25, 0.3) is 11.4 Å². The Labute approximate surface area is 280 Å². The van der Waals surface area contributed by atoms with Gasteiger partial charge in [-0.15, -0.1) is 0 Å². The lowest BCUT2D eigenvalue weighted by atomic mass is 9.46. The second-order valence-electron chi connectivity index (χ2n) is 16.4. The van der Waals surface area contributed by atoms with Gasteiger partial charge in [0, 0.05) is 24.8 Å². The van der Waals surface area contributed by atoms with Crippen LogP contribution in [0.25, 0.3) is 0 Å². The standard InChI is InChI=1S/C36H48N2O10/c1-20(2)7-12-30-34(6)35(40)31(47-36(46-30,48-34)27-11-9-23(37(41)42)18-29(27)38(43)44)19-28-25-10-8-22-17-24(45-21(3)39)13-15-32(22,4)26(25)14-16-33(28,35)5/h8-9,11,18,20,24-26,28,30-31,40H,7,10,12-17,19H2,1-6H3/t24-,25+,26-,28-,30+,31-,32-,33-,34-,35+,36?/m0/s1. The third kappa shape index (κ3) is 4.51. The third-order valence-corrected chi connectivity index (χ3v) is 13.6. The molecule has 12 nitrogen and oxygen atoms in total. The highest BCUT2D eigenvalue weighted by atomic mass is 16.9. The van der Waals surface area contributed by atoms with E-state index in [9.17, 15) is 30.1 Å². The second kappa shape index (κ2) is 11.0. The number of fused-ring (bicyclic) bond motifs is 10. The fraction of sp³-hybridized carbons (Fsp3) is 0.750. The maximum Gasteiger partial charge on any atom is 0.320 e. The van der Waals surface area contributed by atoms with Crippen LogP contribution in [-0.2, 0) is 29.7 Å². The van der Waals surface area contributed by atoms with E-state index in [0.717, 1.165) is 51.0 Å². The van der Waals surface area contributed by atoms with Crippen LogP contribution < -0.4 is 0 Å². The van der Waals surface area contributed by atoms with Gasteiger partial charge in [-0.2, -0.15) is 0 Å². The molecule has 2 heterocycles. The third-order valence-electron chi connectivity index (χ3n) is 13.6. The smallest absolute Gasteiger partial charge is 0.320 e. The zero-order valence-corrected chi connectivity index (χ0v) is 28.7. The molecule has 1 N–H and O–H groups in total. The van der Waals surface area contributed by atoms with E-state index in [1.807, 2.05) is 6.92 Å². The Morgan fingerprint density at radius 2 is 1.83 bits per heavy atom. The molecule has 1 unspecified atom stereocenters. The quantitative estimate of drug-likeness (QED) is 0.141. The number of carbonyl (C=O) groups is 1. The molecule has 1 aromatic carbocycles. The van der Waals surface area contributed by atoms with E-state index in [1.54, 1.807) is 0 Å². The van der Waals surface area contributed by atoms with Crippen molar-refractivity contribution in [2.75, 3.05) is 0 Å². The molecule has 6 aliphatic rings. The number of carbonyl (C=O) groups excluding carboxylic acids is 1. The molecule has 12 heteroatoms. The summed E-state index contributed by atoms with van der Waals surface area (Å²) in [6.45, 7) is 12.1. The first-order valence-electron chi connectivity index (χ1n) is 17.6. The normalized spacial score (nSPS) is 44.2. The van der Waals surface area contributed by atoms with Gasteiger partial charge >= 0.3 is 11.9 Å². The van der Waals surface area contributed by atoms with Crippen molar-refractivity contribution in [1.29, 1.82) is 0 Å². The van der Waals surface area contributed by atoms with Crippen molar-refractivity contribution >= 4 is 17.3 Å². The van der Waals surface area contributed by atoms with Crippen LogP contribution in [0.15, 0.2) is 29.8 Å². The second-order valence-corrected chi connectivity index (χ2v) is 16.4. The number of benzene rings is 1. The summed E-state index contributed by atoms with van der Waals surface area (Å²) < 4.78 is 25.8. The van der Waals surface area contributed by atoms with Crippen LogP contribution >= 0.6 is 0 Å². The van der Waals surface area contributed by atoms with Crippen molar-refractivity contribution in [3.8, 4) is 0 Å². The molecule has 2 bridgehead atoms. The number of nitro benzene ring substituents is 2. The minimum Gasteiger partial charge on any atom is -0.462 e. The van der Waals surface area contributed by atoms with Gasteiger partial charge in [0.05, 0.1) is 28.1 Å². The highest BCUT2D eigenvalue weighted by Gasteiger charge is 2.82. The lowest BCUT2D eigenvalue weighted by molar-refractivity contribution is -0.446. The molecule has 0 spiro atoms. The van der Waals surface area contributed by atoms with Crippen LogP contribution in [0.4, 0.5) is 11.4 Å². The Kier molecular flexibility index (Phi) is 7.72. The summed E-state index contributed by atoms with van der Waals surface area (Å²) in [5.41, 5.74) is -2.98. The fourth-order valence-electron chi connectivity index (χ4n) is 11.3. The maximum absolute atomic E-state index is 13.3. The zero-order chi connectivity index (χ0) is 34.6. The van der Waals surface area contributed by atoms with Crippen LogP contribution in [0.3, 0.4) is 0 Å². The number of esters is 1. The van der Waals surface area contributed by atoms with Crippen LogP contribution in [-0.4, -0.2) is 50.4 Å². The fourth-order valence-corrected chi connectivity index (χ4v) is 11.3. The van der Waals surface area contributed by atoms with Gasteiger partial charge in [-0.25, -0.2) is 0 Å². The number of allylic oxidation sites excluding steroid dienone is 1. The largest absolute Gasteiger partial charge is 0.462 e. The van der Waals surface area contributed by atoms with Gasteiger partial charge < -0.3 is 24.1 Å². The monoisotopic (exact) mass is 668 g/mol. The molecule has 1 aromatic rings. The molecule has 0 radical (unpaired) electrons. The first kappa shape index (κ1) is 33.6. The number of nitro groups is 2. The molecular weight excluding hydrogens is 620 g/mol. The summed E-state index contributed by atoms with van der Waals surface area (Å²) in [4.78, 5) is 34.3. The number of aliphatic hydroxyl groups is 1. The molecule has 5 fully saturated rings. The van der Waals surface area contributed by atoms with Gasteiger partial charge in [0.15, 0.2) is 0 Å². The topological polar surface area (TPSA) is 160 Å². The lowest BCUT2D eigenvalue weighted by Crippen LogP contribution is -2.72. The highest BCUT2D eigenvalue weighted by molar-refractivity contribution is 5.66. The molecule has 7 rings (SSSR count). The van der Waals surface area contributed by atoms with E-state index in [4.69, 9.17) is 18.9 Å². The van der Waals surface area contributed by atoms with E-state index in [2.05, 4.69) is 33.8 Å². The first-order valence-corrected chi connectivity index (χ1v) is 17.6. The summed E-state index contributed by atoms with van der Waals surface area (Å²) >= 11 is 0. The van der Waals surface area contributed by atoms with E-state index in [1.165, 1.54) is 24.6 Å². The van der Waals surface area contributed by atoms with E-state index in [0.29, 0.717) is 24.7 Å². The van der Waals surface area contributed by atoms with Gasteiger partial charge in [-0.3, -0.25) is 25.0 Å². The Morgan fingerprint density at radius 1 is 1.08 bits per heavy atom. The maximum atomic E-state index is 13.3. The van der Waals surface area contributed by atoms with Crippen molar-refractivity contribution in [2.45, 2.75) is 135 Å². The van der Waals surface area contributed by atoms with Crippen LogP contribution in [0.5, 0.6) is 0 Å². The Balaban J connectivity index is 1.29. The van der Waals surface area contributed by atoms with E-state index < -0.39 is 56.0 Å². The number of ether oxygens (including phenoxy) is 4. The number of nitrogens with zero attached hydrogens (tertiary/aromatic N) is 2. The van der Waals surface area contributed by atoms with E-state index >= 15 is 0 Å². The lowest BCUT2D eigenvalue weighted by Gasteiger charge is -2.61. The summed E-state index contributed by atoms with van der Waals surface area (Å²) in [6.07, 6.45) is 7.76. The van der Waals surface area contributed by atoms with Crippen molar-refractivity contribution in [2.24, 2.45) is 34.5 Å². The number of non-ortho nitro benzene ring substituents is 1. The molecule has 0 amide bonds. The minimum absolute atomic E-state index is 0.0267. The number of hydrogen-bond donors (Lipinski definition) is 1. The average Bonchev–Trinajstić information content (AvgIpc) is 3.42. The average molecular weight is 669 g/mol. The zero-order valence-electron chi connectivity index (χ0n) is 28.7. The number of rotatable bonds is 7. The summed E-state index contributed by atoms with van der Waals surface area (Å²) in [5.74, 6) is -1.17. The predicted molar refractivity (Wildman–Crippen MR) is 172 cm³/mol. The van der Waals surface area contributed by atoms with Gasteiger partial charge in [0.2, 0.25) is 0 Å². The molecular formula is C36H48N2O10. The van der Waals surface area contributed by atoms with Crippen molar-refractivity contribution in [3.63, 3.8) is 0 Å². The molecule has 2 saturated heterocycles. The predicted octanol–water partition coefficient (Wildman–Crippen LogP) is 6.86. The Hall–Kier alpha value is -2.93. The SMILES string of the molecule is CC(=O)O[C@H]1CC[C@@]2(C)C(=CC[C@@H]3[C@@H]2CC[C@@]2(C)[C@H]3C[C@@H]3OC4(c5ccc([N+](=O)[O-])cc5[N+](=O)[O-])O[C@H](CCC(C)C)[C@](C)(O4)[C@@]32O)C1. The minimum atomic E-state index is -2.01. The van der Waals surface area contributed by atoms with E-state index in [-0.39, 0.29) is 34.9 Å². The summed E-state index contributed by atoms with van der Waals surface area (Å²) in [7, 11) is 0. The summed E-state index contributed by atoms with van der Waals surface area (Å²) in [6, 6.07) is 3.42.